The first-order chi connectivity index (χ1) is 13.0. The fraction of sp³-hybridized carbons (Fsp3) is 0.500. The number of furan rings is 1. The van der Waals surface area contributed by atoms with E-state index in [-0.39, 0.29) is 17.8 Å². The molecule has 0 aliphatic carbocycles. The van der Waals surface area contributed by atoms with Gasteiger partial charge in [0, 0.05) is 17.0 Å². The van der Waals surface area contributed by atoms with Gasteiger partial charge in [0.2, 0.25) is 0 Å². The number of esters is 1. The van der Waals surface area contributed by atoms with Crippen LogP contribution in [0.3, 0.4) is 0 Å². The number of hydrogen-bond donors (Lipinski definition) is 1. The lowest BCUT2D eigenvalue weighted by Gasteiger charge is -2.31. The highest BCUT2D eigenvalue weighted by molar-refractivity contribution is 7.16. The molecule has 3 heterocycles. The summed E-state index contributed by atoms with van der Waals surface area (Å²) in [7, 11) is 0. The summed E-state index contributed by atoms with van der Waals surface area (Å²) in [4.78, 5) is 27.8. The highest BCUT2D eigenvalue weighted by Crippen LogP contribution is 2.34. The number of amides is 1. The highest BCUT2D eigenvalue weighted by atomic mass is 32.1. The van der Waals surface area contributed by atoms with E-state index < -0.39 is 0 Å². The summed E-state index contributed by atoms with van der Waals surface area (Å²) in [5, 5.41) is 3.87. The number of carbonyl (C=O) groups is 2. The number of nitrogens with one attached hydrogen (secondary N) is 1. The van der Waals surface area contributed by atoms with Crippen molar-refractivity contribution in [3.8, 4) is 0 Å². The fourth-order valence-corrected chi connectivity index (χ4v) is 4.42. The van der Waals surface area contributed by atoms with E-state index in [1.165, 1.54) is 16.7 Å². The van der Waals surface area contributed by atoms with E-state index in [1.54, 1.807) is 23.5 Å². The third-order valence-electron chi connectivity index (χ3n) is 5.07. The molecule has 3 rings (SSSR count). The highest BCUT2D eigenvalue weighted by Gasteiger charge is 2.27. The minimum Gasteiger partial charge on any atom is -0.466 e. The molecule has 2 aromatic rings. The summed E-state index contributed by atoms with van der Waals surface area (Å²) in [6, 6.07) is 3.36. The van der Waals surface area contributed by atoms with Crippen LogP contribution in [0, 0.1) is 19.8 Å². The second-order valence-corrected chi connectivity index (χ2v) is 8.05. The third-order valence-corrected chi connectivity index (χ3v) is 6.24. The number of aryl methyl sites for hydroxylation is 1. The van der Waals surface area contributed by atoms with Crippen molar-refractivity contribution in [1.29, 1.82) is 0 Å². The Kier molecular flexibility index (Phi) is 6.34. The Morgan fingerprint density at radius 1 is 1.33 bits per heavy atom. The molecule has 1 N–H and O–H groups in total. The molecule has 0 unspecified atom stereocenters. The van der Waals surface area contributed by atoms with Gasteiger partial charge in [-0.05, 0) is 64.4 Å². The summed E-state index contributed by atoms with van der Waals surface area (Å²) in [6.07, 6.45) is 3.12. The van der Waals surface area contributed by atoms with Crippen molar-refractivity contribution >= 4 is 28.2 Å². The summed E-state index contributed by atoms with van der Waals surface area (Å²) in [5.41, 5.74) is 2.36. The zero-order valence-electron chi connectivity index (χ0n) is 16.0. The minimum atomic E-state index is -0.233. The van der Waals surface area contributed by atoms with Crippen LogP contribution in [0.4, 0.5) is 5.00 Å². The molecule has 0 aromatic carbocycles. The Labute approximate surface area is 163 Å². The van der Waals surface area contributed by atoms with E-state index in [0.717, 1.165) is 43.0 Å². The smallest absolute Gasteiger partial charge is 0.309 e. The van der Waals surface area contributed by atoms with Crippen LogP contribution in [0.5, 0.6) is 0 Å². The van der Waals surface area contributed by atoms with Gasteiger partial charge in [0.05, 0.1) is 18.8 Å². The van der Waals surface area contributed by atoms with Crippen LogP contribution in [0.1, 0.15) is 46.3 Å². The molecule has 0 atom stereocenters. The number of piperidine rings is 1. The average molecular weight is 391 g/mol. The van der Waals surface area contributed by atoms with Crippen LogP contribution in [0.2, 0.25) is 0 Å². The molecule has 146 valence electrons. The van der Waals surface area contributed by atoms with Gasteiger partial charge >= 0.3 is 5.97 Å². The molecule has 6 nitrogen and oxygen atoms in total. The topological polar surface area (TPSA) is 71.8 Å². The van der Waals surface area contributed by atoms with E-state index in [9.17, 15) is 9.59 Å². The normalized spacial score (nSPS) is 15.7. The Hall–Kier alpha value is -2.12. The molecule has 1 saturated heterocycles. The molecule has 0 radical (unpaired) electrons. The number of nitrogens with zero attached hydrogens (tertiary/aromatic N) is 1. The number of likely N-dealkylation sites (tertiary alicyclic amines) is 1. The molecule has 0 spiro atoms. The Bertz CT molecular complexity index is 789. The number of ether oxygens (including phenoxy) is 1. The van der Waals surface area contributed by atoms with Crippen molar-refractivity contribution < 1.29 is 18.7 Å². The van der Waals surface area contributed by atoms with Gasteiger partial charge in [-0.2, -0.15) is 0 Å². The average Bonchev–Trinajstić information content (AvgIpc) is 3.28. The van der Waals surface area contributed by atoms with Crippen molar-refractivity contribution in [2.24, 2.45) is 5.92 Å². The Morgan fingerprint density at radius 3 is 2.70 bits per heavy atom. The molecule has 1 aliphatic rings. The first-order valence-corrected chi connectivity index (χ1v) is 10.1. The lowest BCUT2D eigenvalue weighted by molar-refractivity contribution is -0.149. The molecule has 1 amide bonds. The van der Waals surface area contributed by atoms with Crippen LogP contribution in [-0.4, -0.2) is 36.5 Å². The molecule has 0 bridgehead atoms. The van der Waals surface area contributed by atoms with Gasteiger partial charge in [-0.25, -0.2) is 0 Å². The summed E-state index contributed by atoms with van der Waals surface area (Å²) < 4.78 is 10.3. The first-order valence-electron chi connectivity index (χ1n) is 9.32. The van der Waals surface area contributed by atoms with Gasteiger partial charge in [-0.15, -0.1) is 11.3 Å². The van der Waals surface area contributed by atoms with E-state index in [0.29, 0.717) is 12.4 Å². The first kappa shape index (κ1) is 19.6. The zero-order chi connectivity index (χ0) is 19.4. The molecule has 7 heteroatoms. The number of anilines is 1. The number of thiophene rings is 1. The molecule has 2 aromatic heterocycles. The number of carbonyl (C=O) groups excluding carboxylic acids is 2. The fourth-order valence-electron chi connectivity index (χ4n) is 3.35. The maximum absolute atomic E-state index is 12.4. The van der Waals surface area contributed by atoms with E-state index >= 15 is 0 Å². The molecular weight excluding hydrogens is 364 g/mol. The Balaban J connectivity index is 1.65. The van der Waals surface area contributed by atoms with E-state index in [1.807, 2.05) is 6.92 Å². The molecule has 1 aliphatic heterocycles. The monoisotopic (exact) mass is 390 g/mol. The maximum Gasteiger partial charge on any atom is 0.309 e. The van der Waals surface area contributed by atoms with Gasteiger partial charge in [0.25, 0.3) is 5.91 Å². The van der Waals surface area contributed by atoms with Gasteiger partial charge in [0.1, 0.15) is 5.00 Å². The summed E-state index contributed by atoms with van der Waals surface area (Å²) in [5.74, 6) is -0.000770. The number of hydrogen-bond acceptors (Lipinski definition) is 6. The van der Waals surface area contributed by atoms with Crippen LogP contribution < -0.4 is 5.32 Å². The SMILES string of the molecule is CCOC(=O)C1CCN(Cc2c(NC(=O)c3ccco3)sc(C)c2C)CC1. The third kappa shape index (κ3) is 4.59. The lowest BCUT2D eigenvalue weighted by Crippen LogP contribution is -2.36. The molecule has 0 saturated carbocycles. The van der Waals surface area contributed by atoms with Crippen LogP contribution in [0.15, 0.2) is 22.8 Å². The van der Waals surface area contributed by atoms with Crippen LogP contribution in [0.25, 0.3) is 0 Å². The van der Waals surface area contributed by atoms with Gasteiger partial charge < -0.3 is 14.5 Å². The van der Waals surface area contributed by atoms with Crippen molar-refractivity contribution in [2.45, 2.75) is 40.2 Å². The summed E-state index contributed by atoms with van der Waals surface area (Å²) >= 11 is 1.59. The molecular formula is C20H26N2O4S. The van der Waals surface area contributed by atoms with Crippen molar-refractivity contribution in [1.82, 2.24) is 4.90 Å². The lowest BCUT2D eigenvalue weighted by atomic mass is 9.96. The Morgan fingerprint density at radius 2 is 2.07 bits per heavy atom. The zero-order valence-corrected chi connectivity index (χ0v) is 16.9. The van der Waals surface area contributed by atoms with E-state index in [2.05, 4.69) is 24.1 Å². The molecule has 27 heavy (non-hydrogen) atoms. The number of rotatable bonds is 6. The van der Waals surface area contributed by atoms with Gasteiger partial charge in [-0.3, -0.25) is 14.5 Å². The van der Waals surface area contributed by atoms with Crippen molar-refractivity contribution in [2.75, 3.05) is 25.0 Å². The van der Waals surface area contributed by atoms with Gasteiger partial charge in [0.15, 0.2) is 5.76 Å². The maximum atomic E-state index is 12.4. The predicted molar refractivity (Wildman–Crippen MR) is 105 cm³/mol. The molecule has 1 fully saturated rings. The van der Waals surface area contributed by atoms with Crippen LogP contribution in [-0.2, 0) is 16.1 Å². The second kappa shape index (κ2) is 8.71. The van der Waals surface area contributed by atoms with Gasteiger partial charge in [-0.1, -0.05) is 0 Å². The quantitative estimate of drug-likeness (QED) is 0.755. The van der Waals surface area contributed by atoms with Crippen molar-refractivity contribution in [3.05, 3.63) is 40.2 Å². The standard InChI is InChI=1S/C20H26N2O4S/c1-4-25-20(24)15-7-9-22(10-8-15)12-16-13(2)14(3)27-19(16)21-18(23)17-6-5-11-26-17/h5-6,11,15H,4,7-10,12H2,1-3H3,(H,21,23). The second-order valence-electron chi connectivity index (χ2n) is 6.82. The van der Waals surface area contributed by atoms with Crippen LogP contribution >= 0.6 is 11.3 Å². The largest absolute Gasteiger partial charge is 0.466 e. The summed E-state index contributed by atoms with van der Waals surface area (Å²) in [6.45, 7) is 8.90. The van der Waals surface area contributed by atoms with E-state index in [4.69, 9.17) is 9.15 Å². The predicted octanol–water partition coefficient (Wildman–Crippen LogP) is 3.99. The minimum absolute atomic E-state index is 0.00429. The van der Waals surface area contributed by atoms with Crippen molar-refractivity contribution in [3.63, 3.8) is 0 Å².